The van der Waals surface area contributed by atoms with Gasteiger partial charge in [0.25, 0.3) is 0 Å². The van der Waals surface area contributed by atoms with Crippen molar-refractivity contribution >= 4 is 11.6 Å². The van der Waals surface area contributed by atoms with Crippen molar-refractivity contribution in [2.24, 2.45) is 5.84 Å². The highest BCUT2D eigenvalue weighted by Crippen LogP contribution is 2.27. The average Bonchev–Trinajstić information content (AvgIpc) is 2.47. The molecule has 2 heterocycles. The Bertz CT molecular complexity index is 633. The van der Waals surface area contributed by atoms with Gasteiger partial charge in [-0.05, 0) is 31.5 Å². The first-order valence-electron chi connectivity index (χ1n) is 6.63. The molecule has 2 aromatic heterocycles. The maximum absolute atomic E-state index is 5.93. The molecule has 3 N–H and O–H groups in total. The van der Waals surface area contributed by atoms with Gasteiger partial charge in [0.05, 0.1) is 13.2 Å². The Morgan fingerprint density at radius 1 is 1.38 bits per heavy atom. The number of ether oxygens (including phenoxy) is 1. The van der Waals surface area contributed by atoms with E-state index >= 15 is 0 Å². The molecular weight excluding hydrogens is 288 g/mol. The summed E-state index contributed by atoms with van der Waals surface area (Å²) in [6.07, 6.45) is 4.12. The fourth-order valence-electron chi connectivity index (χ4n) is 2.38. The van der Waals surface area contributed by atoms with Gasteiger partial charge in [0.1, 0.15) is 10.9 Å². The molecule has 1 unspecified atom stereocenters. The molecule has 0 radical (unpaired) electrons. The van der Waals surface area contributed by atoms with Crippen LogP contribution in [0.2, 0.25) is 5.15 Å². The number of nitrogens with one attached hydrogen (secondary N) is 1. The molecule has 0 saturated carbocycles. The molecule has 0 amide bonds. The lowest BCUT2D eigenvalue weighted by Crippen LogP contribution is -2.30. The first kappa shape index (κ1) is 15.7. The van der Waals surface area contributed by atoms with Crippen molar-refractivity contribution in [2.45, 2.75) is 26.3 Å². The van der Waals surface area contributed by atoms with E-state index in [1.807, 2.05) is 26.1 Å². The number of aromatic nitrogens is 2. The number of aryl methyl sites for hydroxylation is 1. The number of hydrogen-bond acceptors (Lipinski definition) is 5. The number of nitrogens with zero attached hydrogens (tertiary/aromatic N) is 2. The van der Waals surface area contributed by atoms with E-state index in [4.69, 9.17) is 22.2 Å². The molecule has 0 aliphatic heterocycles. The maximum atomic E-state index is 5.93. The number of hydrogen-bond donors (Lipinski definition) is 2. The third kappa shape index (κ3) is 3.50. The van der Waals surface area contributed by atoms with Crippen molar-refractivity contribution in [1.29, 1.82) is 0 Å². The second kappa shape index (κ2) is 6.85. The number of nitrogens with two attached hydrogens (primary N) is 1. The molecule has 0 saturated heterocycles. The van der Waals surface area contributed by atoms with Crippen LogP contribution in [0.5, 0.6) is 5.75 Å². The summed E-state index contributed by atoms with van der Waals surface area (Å²) < 4.78 is 5.43. The minimum Gasteiger partial charge on any atom is -0.496 e. The molecule has 0 spiro atoms. The lowest BCUT2D eigenvalue weighted by atomic mass is 10.00. The minimum atomic E-state index is -0.0934. The molecular formula is C15H19ClN4O. The fourth-order valence-corrected chi connectivity index (χ4v) is 2.56. The van der Waals surface area contributed by atoms with Crippen LogP contribution in [-0.2, 0) is 6.42 Å². The van der Waals surface area contributed by atoms with Gasteiger partial charge in [-0.2, -0.15) is 0 Å². The zero-order chi connectivity index (χ0) is 15.4. The third-order valence-corrected chi connectivity index (χ3v) is 3.71. The molecule has 0 aliphatic carbocycles. The highest BCUT2D eigenvalue weighted by molar-refractivity contribution is 6.29. The van der Waals surface area contributed by atoms with Gasteiger partial charge in [0, 0.05) is 35.6 Å². The number of methoxy groups -OCH3 is 1. The van der Waals surface area contributed by atoms with Crippen LogP contribution >= 0.6 is 11.6 Å². The van der Waals surface area contributed by atoms with Crippen LogP contribution in [0.15, 0.2) is 24.5 Å². The lowest BCUT2D eigenvalue weighted by molar-refractivity contribution is 0.406. The van der Waals surface area contributed by atoms with Crippen LogP contribution in [0.4, 0.5) is 0 Å². The van der Waals surface area contributed by atoms with Crippen LogP contribution in [0.1, 0.15) is 28.4 Å². The fraction of sp³-hybridized carbons (Fsp3) is 0.333. The van der Waals surface area contributed by atoms with Crippen LogP contribution in [0.25, 0.3) is 0 Å². The quantitative estimate of drug-likeness (QED) is 0.504. The smallest absolute Gasteiger partial charge is 0.129 e. The van der Waals surface area contributed by atoms with Crippen molar-refractivity contribution < 1.29 is 4.74 Å². The lowest BCUT2D eigenvalue weighted by Gasteiger charge is -2.18. The van der Waals surface area contributed by atoms with Crippen LogP contribution in [-0.4, -0.2) is 17.1 Å². The number of halogens is 1. The largest absolute Gasteiger partial charge is 0.496 e. The summed E-state index contributed by atoms with van der Waals surface area (Å²) in [7, 11) is 1.67. The van der Waals surface area contributed by atoms with E-state index in [9.17, 15) is 0 Å². The van der Waals surface area contributed by atoms with E-state index in [-0.39, 0.29) is 6.04 Å². The predicted molar refractivity (Wildman–Crippen MR) is 83.3 cm³/mol. The van der Waals surface area contributed by atoms with Crippen molar-refractivity contribution in [3.8, 4) is 5.75 Å². The van der Waals surface area contributed by atoms with Crippen molar-refractivity contribution in [2.75, 3.05) is 7.11 Å². The number of pyridine rings is 2. The van der Waals surface area contributed by atoms with Crippen LogP contribution in [0.3, 0.4) is 0 Å². The first-order chi connectivity index (χ1) is 10.1. The minimum absolute atomic E-state index is 0.0934. The third-order valence-electron chi connectivity index (χ3n) is 3.50. The topological polar surface area (TPSA) is 73.1 Å². The Labute approximate surface area is 129 Å². The number of hydrazine groups is 1. The molecule has 112 valence electrons. The summed E-state index contributed by atoms with van der Waals surface area (Å²) in [6.45, 7) is 3.98. The molecule has 2 aromatic rings. The number of rotatable bonds is 5. The highest BCUT2D eigenvalue weighted by atomic mass is 35.5. The Morgan fingerprint density at radius 2 is 2.14 bits per heavy atom. The monoisotopic (exact) mass is 306 g/mol. The summed E-state index contributed by atoms with van der Waals surface area (Å²) in [5.74, 6) is 6.55. The highest BCUT2D eigenvalue weighted by Gasteiger charge is 2.16. The van der Waals surface area contributed by atoms with Gasteiger partial charge in [-0.25, -0.2) is 4.98 Å². The zero-order valence-corrected chi connectivity index (χ0v) is 13.1. The standard InChI is InChI=1S/C15H19ClN4O/c1-9-8-19-12(10(2)15(9)21-3)7-13(20-17)11-4-5-18-14(16)6-11/h4-6,8,13,20H,7,17H2,1-3H3. The SMILES string of the molecule is COc1c(C)cnc(CC(NN)c2ccnc(Cl)c2)c1C. The van der Waals surface area contributed by atoms with Gasteiger partial charge in [-0.3, -0.25) is 16.3 Å². The molecule has 6 heteroatoms. The molecule has 1 atom stereocenters. The Kier molecular flexibility index (Phi) is 5.12. The molecule has 0 aliphatic rings. The van der Waals surface area contributed by atoms with Gasteiger partial charge >= 0.3 is 0 Å². The summed E-state index contributed by atoms with van der Waals surface area (Å²) in [5.41, 5.74) is 6.76. The van der Waals surface area contributed by atoms with Crippen molar-refractivity contribution in [1.82, 2.24) is 15.4 Å². The van der Waals surface area contributed by atoms with E-state index < -0.39 is 0 Å². The molecule has 21 heavy (non-hydrogen) atoms. The van der Waals surface area contributed by atoms with Crippen LogP contribution in [0, 0.1) is 13.8 Å². The Hall–Kier alpha value is -1.69. The molecule has 0 fully saturated rings. The van der Waals surface area contributed by atoms with Crippen LogP contribution < -0.4 is 16.0 Å². The van der Waals surface area contributed by atoms with Gasteiger partial charge in [0.15, 0.2) is 0 Å². The van der Waals surface area contributed by atoms with E-state index in [1.165, 1.54) is 0 Å². The summed E-state index contributed by atoms with van der Waals surface area (Å²) in [5, 5.41) is 0.443. The summed E-state index contributed by atoms with van der Waals surface area (Å²) in [4.78, 5) is 8.48. The van der Waals surface area contributed by atoms with E-state index in [1.54, 1.807) is 19.4 Å². The molecule has 5 nitrogen and oxygen atoms in total. The average molecular weight is 307 g/mol. The van der Waals surface area contributed by atoms with Gasteiger partial charge in [-0.15, -0.1) is 0 Å². The second-order valence-electron chi connectivity index (χ2n) is 4.88. The molecule has 0 aromatic carbocycles. The van der Waals surface area contributed by atoms with Crippen molar-refractivity contribution in [3.63, 3.8) is 0 Å². The van der Waals surface area contributed by atoms with Gasteiger partial charge in [-0.1, -0.05) is 11.6 Å². The second-order valence-corrected chi connectivity index (χ2v) is 5.27. The van der Waals surface area contributed by atoms with E-state index in [2.05, 4.69) is 15.4 Å². The molecule has 0 bridgehead atoms. The normalized spacial score (nSPS) is 12.2. The van der Waals surface area contributed by atoms with Gasteiger partial charge in [0.2, 0.25) is 0 Å². The summed E-state index contributed by atoms with van der Waals surface area (Å²) in [6, 6.07) is 3.59. The zero-order valence-electron chi connectivity index (χ0n) is 12.4. The first-order valence-corrected chi connectivity index (χ1v) is 7.01. The Balaban J connectivity index is 2.31. The maximum Gasteiger partial charge on any atom is 0.129 e. The van der Waals surface area contributed by atoms with Crippen molar-refractivity contribution in [3.05, 3.63) is 52.1 Å². The Morgan fingerprint density at radius 3 is 2.76 bits per heavy atom. The van der Waals surface area contributed by atoms with E-state index in [0.717, 1.165) is 28.1 Å². The molecule has 2 rings (SSSR count). The van der Waals surface area contributed by atoms with E-state index in [0.29, 0.717) is 11.6 Å². The van der Waals surface area contributed by atoms with Gasteiger partial charge < -0.3 is 4.74 Å². The summed E-state index contributed by atoms with van der Waals surface area (Å²) >= 11 is 5.93. The predicted octanol–water partition coefficient (Wildman–Crippen LogP) is 2.50.